The van der Waals surface area contributed by atoms with Crippen LogP contribution < -0.4 is 0 Å². The van der Waals surface area contributed by atoms with Gasteiger partial charge in [0.2, 0.25) is 0 Å². The second-order valence-corrected chi connectivity index (χ2v) is 12.7. The van der Waals surface area contributed by atoms with Gasteiger partial charge < -0.3 is 4.42 Å². The maximum atomic E-state index is 6.84. The molecule has 38 heavy (non-hydrogen) atoms. The first-order chi connectivity index (χ1) is 18.1. The van der Waals surface area contributed by atoms with E-state index in [2.05, 4.69) is 115 Å². The normalized spacial score (nSPS) is 12.5. The third kappa shape index (κ3) is 4.26. The first kappa shape index (κ1) is 24.7. The molecule has 0 amide bonds. The number of benzene rings is 4. The van der Waals surface area contributed by atoms with Gasteiger partial charge in [-0.15, -0.1) is 0 Å². The van der Waals surface area contributed by atoms with Crippen LogP contribution in [0.15, 0.2) is 71.1 Å². The Balaban J connectivity index is 1.76. The summed E-state index contributed by atoms with van der Waals surface area (Å²) in [6, 6.07) is 24.5. The summed E-state index contributed by atoms with van der Waals surface area (Å²) in [4.78, 5) is 5.39. The van der Waals surface area contributed by atoms with E-state index in [1.54, 1.807) is 0 Å². The number of fused-ring (bicyclic) bond motifs is 6. The van der Waals surface area contributed by atoms with Crippen molar-refractivity contribution in [2.45, 2.75) is 61.3 Å². The van der Waals surface area contributed by atoms with Crippen LogP contribution in [0, 0.1) is 25.2 Å². The highest BCUT2D eigenvalue weighted by atomic mass is 16.3. The molecular formula is C36H37NO. The summed E-state index contributed by atoms with van der Waals surface area (Å²) in [5.74, 6) is 0.549. The fraction of sp³-hybridized carbons (Fsp3) is 0.306. The third-order valence-corrected chi connectivity index (χ3v) is 7.52. The molecule has 0 spiro atoms. The van der Waals surface area contributed by atoms with Crippen LogP contribution in [0.3, 0.4) is 0 Å². The lowest BCUT2D eigenvalue weighted by molar-refractivity contribution is 0.412. The van der Waals surface area contributed by atoms with Crippen molar-refractivity contribution in [2.24, 2.45) is 11.3 Å². The van der Waals surface area contributed by atoms with E-state index in [9.17, 15) is 0 Å². The summed E-state index contributed by atoms with van der Waals surface area (Å²) in [5.41, 5.74) is 10.4. The van der Waals surface area contributed by atoms with E-state index in [0.29, 0.717) is 5.92 Å². The zero-order chi connectivity index (χ0) is 26.8. The Labute approximate surface area is 225 Å². The standard InChI is InChI=1S/C36H37NO/c1-21(2)15-25-12-10-14-29-32-33(37-30-17-22(3)16-23(4)31(30)35(32)38-34(25)29)26-18-24-11-8-9-13-28(24)27(19-26)20-36(5,6)7/h8-14,16-19,21H,15,20H2,1-7H3. The van der Waals surface area contributed by atoms with Crippen molar-refractivity contribution in [1.82, 2.24) is 4.98 Å². The molecule has 0 atom stereocenters. The summed E-state index contributed by atoms with van der Waals surface area (Å²) < 4.78 is 6.84. The Morgan fingerprint density at radius 3 is 2.32 bits per heavy atom. The first-order valence-corrected chi connectivity index (χ1v) is 13.9. The number of pyridine rings is 1. The van der Waals surface area contributed by atoms with Crippen molar-refractivity contribution in [1.29, 1.82) is 0 Å². The molecule has 0 radical (unpaired) electrons. The van der Waals surface area contributed by atoms with Crippen LogP contribution in [0.4, 0.5) is 0 Å². The van der Waals surface area contributed by atoms with Gasteiger partial charge in [0, 0.05) is 16.3 Å². The van der Waals surface area contributed by atoms with Gasteiger partial charge in [0.05, 0.1) is 16.6 Å². The lowest BCUT2D eigenvalue weighted by Gasteiger charge is -2.20. The van der Waals surface area contributed by atoms with Crippen LogP contribution in [0.5, 0.6) is 0 Å². The van der Waals surface area contributed by atoms with Crippen LogP contribution in [0.1, 0.15) is 56.9 Å². The summed E-state index contributed by atoms with van der Waals surface area (Å²) in [5, 5.41) is 5.99. The molecule has 0 aliphatic rings. The number of nitrogens with zero attached hydrogens (tertiary/aromatic N) is 1. The molecule has 0 aliphatic carbocycles. The van der Waals surface area contributed by atoms with Gasteiger partial charge in [0.25, 0.3) is 0 Å². The van der Waals surface area contributed by atoms with Crippen molar-refractivity contribution >= 4 is 43.6 Å². The maximum Gasteiger partial charge on any atom is 0.147 e. The molecule has 0 saturated carbocycles. The lowest BCUT2D eigenvalue weighted by atomic mass is 9.85. The molecule has 2 aromatic heterocycles. The average Bonchev–Trinajstić information content (AvgIpc) is 3.22. The van der Waals surface area contributed by atoms with Crippen molar-refractivity contribution in [3.05, 3.63) is 89.0 Å². The van der Waals surface area contributed by atoms with Gasteiger partial charge in [0.15, 0.2) is 0 Å². The number of hydrogen-bond acceptors (Lipinski definition) is 2. The molecule has 2 nitrogen and oxygen atoms in total. The molecule has 2 heterocycles. The van der Waals surface area contributed by atoms with E-state index in [1.165, 1.54) is 33.0 Å². The van der Waals surface area contributed by atoms with Crippen LogP contribution in [0.2, 0.25) is 0 Å². The number of rotatable bonds is 4. The number of aromatic nitrogens is 1. The van der Waals surface area contributed by atoms with E-state index < -0.39 is 0 Å². The van der Waals surface area contributed by atoms with Crippen molar-refractivity contribution in [3.8, 4) is 11.3 Å². The minimum Gasteiger partial charge on any atom is -0.455 e. The Morgan fingerprint density at radius 1 is 0.789 bits per heavy atom. The smallest absolute Gasteiger partial charge is 0.147 e. The van der Waals surface area contributed by atoms with Crippen LogP contribution in [-0.4, -0.2) is 4.98 Å². The topological polar surface area (TPSA) is 26.0 Å². The van der Waals surface area contributed by atoms with E-state index in [0.717, 1.165) is 56.9 Å². The van der Waals surface area contributed by atoms with Crippen LogP contribution >= 0.6 is 0 Å². The van der Waals surface area contributed by atoms with E-state index in [1.807, 2.05) is 0 Å². The van der Waals surface area contributed by atoms with Gasteiger partial charge in [-0.25, -0.2) is 4.98 Å². The zero-order valence-corrected chi connectivity index (χ0v) is 23.7. The van der Waals surface area contributed by atoms with Gasteiger partial charge in [-0.3, -0.25) is 0 Å². The zero-order valence-electron chi connectivity index (χ0n) is 23.7. The van der Waals surface area contributed by atoms with E-state index in [4.69, 9.17) is 9.40 Å². The van der Waals surface area contributed by atoms with Crippen molar-refractivity contribution in [3.63, 3.8) is 0 Å². The fourth-order valence-corrected chi connectivity index (χ4v) is 6.15. The van der Waals surface area contributed by atoms with Gasteiger partial charge in [-0.1, -0.05) is 83.1 Å². The number of furan rings is 1. The fourth-order valence-electron chi connectivity index (χ4n) is 6.15. The monoisotopic (exact) mass is 499 g/mol. The predicted molar refractivity (Wildman–Crippen MR) is 163 cm³/mol. The second-order valence-electron chi connectivity index (χ2n) is 12.7. The quantitative estimate of drug-likeness (QED) is 0.241. The highest BCUT2D eigenvalue weighted by Crippen LogP contribution is 2.43. The molecule has 0 saturated heterocycles. The van der Waals surface area contributed by atoms with Gasteiger partial charge in [0.1, 0.15) is 11.2 Å². The summed E-state index contributed by atoms with van der Waals surface area (Å²) in [6.45, 7) is 15.8. The summed E-state index contributed by atoms with van der Waals surface area (Å²) >= 11 is 0. The molecule has 6 aromatic rings. The van der Waals surface area contributed by atoms with Gasteiger partial charge in [-0.05, 0) is 89.2 Å². The summed E-state index contributed by atoms with van der Waals surface area (Å²) in [7, 11) is 0. The van der Waals surface area contributed by atoms with Crippen molar-refractivity contribution < 1.29 is 4.42 Å². The van der Waals surface area contributed by atoms with Crippen LogP contribution in [0.25, 0.3) is 54.9 Å². The van der Waals surface area contributed by atoms with Crippen molar-refractivity contribution in [2.75, 3.05) is 0 Å². The molecule has 4 aromatic carbocycles. The molecule has 0 N–H and O–H groups in total. The molecular weight excluding hydrogens is 462 g/mol. The highest BCUT2D eigenvalue weighted by Gasteiger charge is 2.22. The number of para-hydroxylation sites is 1. The Kier molecular flexibility index (Phi) is 5.83. The second kappa shape index (κ2) is 8.98. The largest absolute Gasteiger partial charge is 0.455 e. The lowest BCUT2D eigenvalue weighted by Crippen LogP contribution is -2.09. The number of aryl methyl sites for hydroxylation is 2. The Hall–Kier alpha value is -3.65. The predicted octanol–water partition coefficient (Wildman–Crippen LogP) is 10.4. The van der Waals surface area contributed by atoms with Crippen LogP contribution in [-0.2, 0) is 12.8 Å². The molecule has 0 unspecified atom stereocenters. The first-order valence-electron chi connectivity index (χ1n) is 13.9. The third-order valence-electron chi connectivity index (χ3n) is 7.52. The molecule has 0 fully saturated rings. The number of hydrogen-bond donors (Lipinski definition) is 0. The summed E-state index contributed by atoms with van der Waals surface area (Å²) in [6.07, 6.45) is 1.99. The molecule has 192 valence electrons. The Morgan fingerprint density at radius 2 is 1.55 bits per heavy atom. The minimum atomic E-state index is 0.176. The van der Waals surface area contributed by atoms with E-state index >= 15 is 0 Å². The molecule has 0 aliphatic heterocycles. The van der Waals surface area contributed by atoms with Gasteiger partial charge in [-0.2, -0.15) is 0 Å². The average molecular weight is 500 g/mol. The molecule has 2 heteroatoms. The Bertz CT molecular complexity index is 1850. The van der Waals surface area contributed by atoms with E-state index in [-0.39, 0.29) is 5.41 Å². The van der Waals surface area contributed by atoms with Gasteiger partial charge >= 0.3 is 0 Å². The maximum absolute atomic E-state index is 6.84. The minimum absolute atomic E-state index is 0.176. The SMILES string of the molecule is Cc1cc(C)c2c(c1)nc(-c1cc(CC(C)(C)C)c3ccccc3c1)c1c3cccc(CC(C)C)c3oc21. The highest BCUT2D eigenvalue weighted by molar-refractivity contribution is 6.20. The molecule has 6 rings (SSSR count). The molecule has 0 bridgehead atoms.